The number of fused-ring (bicyclic) bond motifs is 1. The van der Waals surface area contributed by atoms with E-state index in [4.69, 9.17) is 4.74 Å². The Balaban J connectivity index is 2.06. The first-order valence-corrected chi connectivity index (χ1v) is 9.84. The van der Waals surface area contributed by atoms with Crippen LogP contribution in [0.1, 0.15) is 27.9 Å². The van der Waals surface area contributed by atoms with E-state index >= 15 is 0 Å². The number of nitrogens with zero attached hydrogens (tertiary/aromatic N) is 1. The Morgan fingerprint density at radius 2 is 1.88 bits per heavy atom. The first-order valence-electron chi connectivity index (χ1n) is 7.41. The molecule has 3 aromatic rings. The van der Waals surface area contributed by atoms with Crippen LogP contribution in [0.25, 0.3) is 10.2 Å². The van der Waals surface area contributed by atoms with Crippen LogP contribution in [-0.2, 0) is 10.0 Å². The average molecular weight is 363 g/mol. The van der Waals surface area contributed by atoms with Crippen LogP contribution in [0.15, 0.2) is 36.4 Å². The van der Waals surface area contributed by atoms with E-state index in [1.54, 1.807) is 57.4 Å². The molecule has 5 nitrogen and oxygen atoms in total. The summed E-state index contributed by atoms with van der Waals surface area (Å²) in [7, 11) is -1.83. The minimum absolute atomic E-state index is 0.0112. The minimum atomic E-state index is -3.40. The fourth-order valence-electron chi connectivity index (χ4n) is 2.57. The van der Waals surface area contributed by atoms with Crippen molar-refractivity contribution in [1.82, 2.24) is 3.97 Å². The second-order valence-electron chi connectivity index (χ2n) is 5.38. The monoisotopic (exact) mass is 363 g/mol. The summed E-state index contributed by atoms with van der Waals surface area (Å²) in [6, 6.07) is 10.4. The van der Waals surface area contributed by atoms with E-state index in [0.717, 1.165) is 5.39 Å². The average Bonchev–Trinajstić information content (AvgIpc) is 3.10. The van der Waals surface area contributed by atoms with Crippen molar-refractivity contribution in [2.45, 2.75) is 13.8 Å². The second-order valence-corrected chi connectivity index (χ2v) is 8.52. The molecule has 0 saturated heterocycles. The van der Waals surface area contributed by atoms with Crippen molar-refractivity contribution < 1.29 is 17.9 Å². The maximum atomic E-state index is 12.6. The lowest BCUT2D eigenvalue weighted by atomic mass is 10.1. The lowest BCUT2D eigenvalue weighted by molar-refractivity contribution is 0.104. The van der Waals surface area contributed by atoms with Gasteiger partial charge in [0.15, 0.2) is 0 Å². The Kier molecular flexibility index (Phi) is 4.23. The van der Waals surface area contributed by atoms with Gasteiger partial charge in [-0.15, -0.1) is 11.3 Å². The number of ketones is 1. The van der Waals surface area contributed by atoms with Crippen LogP contribution < -0.4 is 4.74 Å². The van der Waals surface area contributed by atoms with Crippen molar-refractivity contribution >= 4 is 37.4 Å². The Bertz CT molecular complexity index is 1010. The van der Waals surface area contributed by atoms with E-state index < -0.39 is 10.0 Å². The van der Waals surface area contributed by atoms with Crippen LogP contribution in [0.3, 0.4) is 0 Å². The summed E-state index contributed by atoms with van der Waals surface area (Å²) < 4.78 is 31.0. The van der Waals surface area contributed by atoms with Crippen molar-refractivity contribution in [2.75, 3.05) is 12.9 Å². The minimum Gasteiger partial charge on any atom is -0.497 e. The maximum absolute atomic E-state index is 12.6. The van der Waals surface area contributed by atoms with Crippen LogP contribution in [0, 0.1) is 6.92 Å². The zero-order valence-electron chi connectivity index (χ0n) is 13.6. The van der Waals surface area contributed by atoms with E-state index in [0.29, 0.717) is 26.7 Å². The molecule has 0 aliphatic heterocycles. The van der Waals surface area contributed by atoms with Gasteiger partial charge in [0.1, 0.15) is 10.6 Å². The molecule has 0 fully saturated rings. The molecule has 0 N–H and O–H groups in total. The number of carbonyl (C=O) groups excluding carboxylic acids is 1. The third-order valence-electron chi connectivity index (χ3n) is 3.83. The van der Waals surface area contributed by atoms with Gasteiger partial charge in [-0.2, -0.15) is 0 Å². The molecule has 24 heavy (non-hydrogen) atoms. The Morgan fingerprint density at radius 3 is 2.46 bits per heavy atom. The van der Waals surface area contributed by atoms with Gasteiger partial charge in [-0.05, 0) is 50.2 Å². The molecule has 126 valence electrons. The Morgan fingerprint density at radius 1 is 1.21 bits per heavy atom. The smallest absolute Gasteiger partial charge is 0.239 e. The molecule has 0 spiro atoms. The van der Waals surface area contributed by atoms with Crippen molar-refractivity contribution in [3.63, 3.8) is 0 Å². The highest BCUT2D eigenvalue weighted by Crippen LogP contribution is 2.32. The van der Waals surface area contributed by atoms with Gasteiger partial charge in [-0.1, -0.05) is 0 Å². The molecule has 0 atom stereocenters. The Labute approximate surface area is 144 Å². The first kappa shape index (κ1) is 16.7. The highest BCUT2D eigenvalue weighted by atomic mass is 32.2. The lowest BCUT2D eigenvalue weighted by Gasteiger charge is -2.06. The molecule has 0 saturated carbocycles. The first-order chi connectivity index (χ1) is 11.4. The number of hydrogen-bond acceptors (Lipinski definition) is 5. The predicted octanol–water partition coefficient (Wildman–Crippen LogP) is 3.45. The molecule has 1 aromatic carbocycles. The lowest BCUT2D eigenvalue weighted by Crippen LogP contribution is -2.15. The molecule has 0 radical (unpaired) electrons. The third kappa shape index (κ3) is 2.74. The van der Waals surface area contributed by atoms with Crippen LogP contribution in [0.4, 0.5) is 0 Å². The zero-order valence-corrected chi connectivity index (χ0v) is 15.2. The summed E-state index contributed by atoms with van der Waals surface area (Å²) in [5.74, 6) is 0.563. The van der Waals surface area contributed by atoms with Gasteiger partial charge in [-0.25, -0.2) is 12.4 Å². The normalized spacial score (nSPS) is 11.8. The van der Waals surface area contributed by atoms with Gasteiger partial charge in [0.05, 0.1) is 17.7 Å². The van der Waals surface area contributed by atoms with E-state index in [1.807, 2.05) is 0 Å². The second kappa shape index (κ2) is 6.07. The van der Waals surface area contributed by atoms with Crippen LogP contribution in [0.2, 0.25) is 0 Å². The van der Waals surface area contributed by atoms with Gasteiger partial charge in [-0.3, -0.25) is 4.79 Å². The van der Waals surface area contributed by atoms with Crippen molar-refractivity contribution in [3.05, 3.63) is 52.5 Å². The van der Waals surface area contributed by atoms with Gasteiger partial charge < -0.3 is 4.74 Å². The highest BCUT2D eigenvalue weighted by Gasteiger charge is 2.21. The zero-order chi connectivity index (χ0) is 17.5. The number of aromatic nitrogens is 1. The summed E-state index contributed by atoms with van der Waals surface area (Å²) in [5.41, 5.74) is 1.20. The van der Waals surface area contributed by atoms with Crippen LogP contribution in [-0.4, -0.2) is 31.0 Å². The molecule has 0 aliphatic rings. The number of hydrogen-bond donors (Lipinski definition) is 0. The van der Waals surface area contributed by atoms with E-state index in [9.17, 15) is 13.2 Å². The quantitative estimate of drug-likeness (QED) is 0.651. The number of ether oxygens (including phenoxy) is 1. The summed E-state index contributed by atoms with van der Waals surface area (Å²) in [5, 5.41) is 0.770. The summed E-state index contributed by atoms with van der Waals surface area (Å²) in [6.07, 6.45) is 0. The summed E-state index contributed by atoms with van der Waals surface area (Å²) in [6.45, 7) is 3.36. The van der Waals surface area contributed by atoms with Crippen LogP contribution in [0.5, 0.6) is 5.75 Å². The molecular formula is C17H17NO4S2. The van der Waals surface area contributed by atoms with E-state index in [2.05, 4.69) is 0 Å². The van der Waals surface area contributed by atoms with Gasteiger partial charge in [0.2, 0.25) is 15.8 Å². The van der Waals surface area contributed by atoms with Crippen molar-refractivity contribution in [3.8, 4) is 5.75 Å². The number of methoxy groups -OCH3 is 1. The van der Waals surface area contributed by atoms with E-state index in [1.165, 1.54) is 15.3 Å². The van der Waals surface area contributed by atoms with Gasteiger partial charge in [0, 0.05) is 16.6 Å². The topological polar surface area (TPSA) is 65.4 Å². The predicted molar refractivity (Wildman–Crippen MR) is 95.8 cm³/mol. The standard InChI is InChI=1S/C17H17NO4S2/c1-4-24(20,21)18-11(2)9-13-10-15(23-17(13)18)16(19)12-5-7-14(22-3)8-6-12/h5-10H,4H2,1-3H3. The molecular weight excluding hydrogens is 346 g/mol. The fraction of sp³-hybridized carbons (Fsp3) is 0.235. The van der Waals surface area contributed by atoms with Crippen LogP contribution >= 0.6 is 11.3 Å². The Hall–Kier alpha value is -2.12. The molecule has 0 aliphatic carbocycles. The maximum Gasteiger partial charge on any atom is 0.239 e. The molecule has 0 bridgehead atoms. The SMILES string of the molecule is CCS(=O)(=O)n1c(C)cc2cc(C(=O)c3ccc(OC)cc3)sc21. The van der Waals surface area contributed by atoms with Crippen molar-refractivity contribution in [2.24, 2.45) is 0 Å². The largest absolute Gasteiger partial charge is 0.497 e. The third-order valence-corrected chi connectivity index (χ3v) is 6.84. The molecule has 2 heterocycles. The number of carbonyl (C=O) groups is 1. The molecule has 7 heteroatoms. The molecule has 0 unspecified atom stereocenters. The van der Waals surface area contributed by atoms with E-state index in [-0.39, 0.29) is 11.5 Å². The summed E-state index contributed by atoms with van der Waals surface area (Å²) in [4.78, 5) is 13.7. The van der Waals surface area contributed by atoms with Crippen molar-refractivity contribution in [1.29, 1.82) is 0 Å². The highest BCUT2D eigenvalue weighted by molar-refractivity contribution is 7.90. The number of aryl methyl sites for hydroxylation is 1. The number of rotatable bonds is 5. The van der Waals surface area contributed by atoms with Gasteiger partial charge >= 0.3 is 0 Å². The fourth-order valence-corrected chi connectivity index (χ4v) is 5.20. The number of thiophene rings is 1. The number of benzene rings is 1. The molecule has 0 amide bonds. The summed E-state index contributed by atoms with van der Waals surface area (Å²) >= 11 is 1.20. The molecule has 3 rings (SSSR count). The van der Waals surface area contributed by atoms with Gasteiger partial charge in [0.25, 0.3) is 0 Å². The molecule has 2 aromatic heterocycles.